The van der Waals surface area contributed by atoms with Gasteiger partial charge in [0.15, 0.2) is 0 Å². The van der Waals surface area contributed by atoms with Crippen LogP contribution in [-0.2, 0) is 11.3 Å². The molecule has 2 aromatic rings. The summed E-state index contributed by atoms with van der Waals surface area (Å²) in [4.78, 5) is 2.29. The van der Waals surface area contributed by atoms with Crippen LogP contribution in [0.25, 0.3) is 10.9 Å². The molecule has 1 fully saturated rings. The Balaban J connectivity index is 1.86. The first-order valence-corrected chi connectivity index (χ1v) is 6.55. The maximum Gasteiger partial charge on any atom is 0.0992 e. The molecule has 4 nitrogen and oxygen atoms in total. The molecule has 98 valence electrons. The van der Waals surface area contributed by atoms with Crippen molar-refractivity contribution in [2.75, 3.05) is 26.7 Å². The van der Waals surface area contributed by atoms with Gasteiger partial charge in [0.25, 0.3) is 0 Å². The Labute approximate surface area is 112 Å². The van der Waals surface area contributed by atoms with Crippen LogP contribution in [0.2, 0.25) is 0 Å². The second kappa shape index (κ2) is 5.04. The lowest BCUT2D eigenvalue weighted by atomic mass is 10.2. The van der Waals surface area contributed by atoms with Gasteiger partial charge in [-0.05, 0) is 30.6 Å². The Morgan fingerprint density at radius 3 is 3.11 bits per heavy atom. The topological polar surface area (TPSA) is 41.2 Å². The van der Waals surface area contributed by atoms with Gasteiger partial charge in [-0.3, -0.25) is 0 Å². The Kier molecular flexibility index (Phi) is 3.24. The van der Waals surface area contributed by atoms with Gasteiger partial charge in [-0.2, -0.15) is 5.26 Å². The molecule has 0 amide bonds. The van der Waals surface area contributed by atoms with E-state index in [1.807, 2.05) is 18.2 Å². The van der Waals surface area contributed by atoms with Crippen LogP contribution in [0.4, 0.5) is 0 Å². The number of ether oxygens (including phenoxy) is 1. The summed E-state index contributed by atoms with van der Waals surface area (Å²) in [7, 11) is 2.12. The van der Waals surface area contributed by atoms with Crippen molar-refractivity contribution < 1.29 is 4.74 Å². The highest BCUT2D eigenvalue weighted by atomic mass is 16.5. The molecule has 1 aromatic carbocycles. The number of aromatic nitrogens is 1. The van der Waals surface area contributed by atoms with Crippen molar-refractivity contribution in [3.05, 3.63) is 36.0 Å². The zero-order valence-electron chi connectivity index (χ0n) is 11.0. The quantitative estimate of drug-likeness (QED) is 0.822. The molecule has 3 rings (SSSR count). The minimum absolute atomic E-state index is 0.222. The molecule has 1 aliphatic rings. The van der Waals surface area contributed by atoms with E-state index < -0.39 is 0 Å². The Morgan fingerprint density at radius 2 is 2.32 bits per heavy atom. The number of fused-ring (bicyclic) bond motifs is 1. The van der Waals surface area contributed by atoms with E-state index in [1.54, 1.807) is 0 Å². The van der Waals surface area contributed by atoms with Gasteiger partial charge in [-0.15, -0.1) is 0 Å². The van der Waals surface area contributed by atoms with Crippen LogP contribution < -0.4 is 0 Å². The zero-order chi connectivity index (χ0) is 13.2. The molecule has 0 saturated carbocycles. The van der Waals surface area contributed by atoms with E-state index in [0.29, 0.717) is 5.56 Å². The molecule has 19 heavy (non-hydrogen) atoms. The van der Waals surface area contributed by atoms with E-state index in [0.717, 1.165) is 31.8 Å². The lowest BCUT2D eigenvalue weighted by Crippen LogP contribution is -2.41. The number of rotatable bonds is 2. The fourth-order valence-corrected chi connectivity index (χ4v) is 2.61. The molecule has 0 bridgehead atoms. The SMILES string of the molecule is CN1CCOC(Cn2ccc3ccc(C#N)cc32)C1. The van der Waals surface area contributed by atoms with E-state index in [9.17, 15) is 0 Å². The summed E-state index contributed by atoms with van der Waals surface area (Å²) in [6.45, 7) is 3.59. The van der Waals surface area contributed by atoms with E-state index >= 15 is 0 Å². The highest BCUT2D eigenvalue weighted by molar-refractivity contribution is 5.81. The molecular formula is C15H17N3O. The number of hydrogen-bond donors (Lipinski definition) is 0. The Bertz CT molecular complexity index is 626. The zero-order valence-corrected chi connectivity index (χ0v) is 11.0. The summed E-state index contributed by atoms with van der Waals surface area (Å²) in [5, 5.41) is 10.2. The summed E-state index contributed by atoms with van der Waals surface area (Å²) < 4.78 is 7.98. The van der Waals surface area contributed by atoms with Gasteiger partial charge in [0.05, 0.1) is 30.9 Å². The molecular weight excluding hydrogens is 238 g/mol. The van der Waals surface area contributed by atoms with Gasteiger partial charge < -0.3 is 14.2 Å². The first-order valence-electron chi connectivity index (χ1n) is 6.55. The van der Waals surface area contributed by atoms with Crippen LogP contribution >= 0.6 is 0 Å². The van der Waals surface area contributed by atoms with E-state index in [1.165, 1.54) is 5.39 Å². The standard InChI is InChI=1S/C15H17N3O/c1-17-6-7-19-14(10-17)11-18-5-4-13-3-2-12(9-16)8-15(13)18/h2-5,8,14H,6-7,10-11H2,1H3. The van der Waals surface area contributed by atoms with Crippen LogP contribution in [0, 0.1) is 11.3 Å². The first-order chi connectivity index (χ1) is 9.26. The minimum Gasteiger partial charge on any atom is -0.374 e. The molecule has 2 heterocycles. The number of hydrogen-bond acceptors (Lipinski definition) is 3. The summed E-state index contributed by atoms with van der Waals surface area (Å²) in [6.07, 6.45) is 2.30. The number of morpholine rings is 1. The van der Waals surface area contributed by atoms with Gasteiger partial charge >= 0.3 is 0 Å². The summed E-state index contributed by atoms with van der Waals surface area (Å²) in [5.74, 6) is 0. The molecule has 0 radical (unpaired) electrons. The monoisotopic (exact) mass is 255 g/mol. The van der Waals surface area contributed by atoms with Gasteiger partial charge in [-0.25, -0.2) is 0 Å². The molecule has 1 atom stereocenters. The van der Waals surface area contributed by atoms with Crippen LogP contribution in [0.5, 0.6) is 0 Å². The van der Waals surface area contributed by atoms with Gasteiger partial charge in [0, 0.05) is 24.8 Å². The third-order valence-electron chi connectivity index (χ3n) is 3.65. The second-order valence-electron chi connectivity index (χ2n) is 5.11. The Morgan fingerprint density at radius 1 is 1.42 bits per heavy atom. The predicted molar refractivity (Wildman–Crippen MR) is 73.9 cm³/mol. The third-order valence-corrected chi connectivity index (χ3v) is 3.65. The van der Waals surface area contributed by atoms with Crippen molar-refractivity contribution in [3.63, 3.8) is 0 Å². The van der Waals surface area contributed by atoms with Crippen LogP contribution in [0.1, 0.15) is 5.56 Å². The number of nitriles is 1. The van der Waals surface area contributed by atoms with Crippen molar-refractivity contribution in [1.29, 1.82) is 5.26 Å². The average Bonchev–Trinajstić information content (AvgIpc) is 2.81. The van der Waals surface area contributed by atoms with Crippen molar-refractivity contribution >= 4 is 10.9 Å². The fourth-order valence-electron chi connectivity index (χ4n) is 2.61. The van der Waals surface area contributed by atoms with Crippen molar-refractivity contribution in [1.82, 2.24) is 9.47 Å². The Hall–Kier alpha value is -1.83. The molecule has 0 N–H and O–H groups in total. The lowest BCUT2D eigenvalue weighted by molar-refractivity contribution is -0.0269. The number of benzene rings is 1. The third kappa shape index (κ3) is 2.48. The maximum atomic E-state index is 8.99. The summed E-state index contributed by atoms with van der Waals surface area (Å²) in [6, 6.07) is 10.1. The lowest BCUT2D eigenvalue weighted by Gasteiger charge is -2.30. The van der Waals surface area contributed by atoms with Crippen molar-refractivity contribution in [2.24, 2.45) is 0 Å². The van der Waals surface area contributed by atoms with E-state index in [-0.39, 0.29) is 6.10 Å². The van der Waals surface area contributed by atoms with Crippen molar-refractivity contribution in [2.45, 2.75) is 12.6 Å². The van der Waals surface area contributed by atoms with E-state index in [2.05, 4.69) is 34.8 Å². The van der Waals surface area contributed by atoms with Crippen LogP contribution in [0.15, 0.2) is 30.5 Å². The molecule has 1 unspecified atom stereocenters. The molecule has 1 aliphatic heterocycles. The average molecular weight is 255 g/mol. The molecule has 0 aliphatic carbocycles. The van der Waals surface area contributed by atoms with Gasteiger partial charge in [0.1, 0.15) is 0 Å². The molecule has 1 aromatic heterocycles. The van der Waals surface area contributed by atoms with E-state index in [4.69, 9.17) is 10.00 Å². The first kappa shape index (κ1) is 12.2. The highest BCUT2D eigenvalue weighted by Gasteiger charge is 2.18. The number of nitrogens with zero attached hydrogens (tertiary/aromatic N) is 3. The number of likely N-dealkylation sites (N-methyl/N-ethyl adjacent to an activating group) is 1. The smallest absolute Gasteiger partial charge is 0.0992 e. The van der Waals surface area contributed by atoms with Crippen LogP contribution in [-0.4, -0.2) is 42.3 Å². The summed E-state index contributed by atoms with van der Waals surface area (Å²) >= 11 is 0. The molecule has 4 heteroatoms. The van der Waals surface area contributed by atoms with Crippen LogP contribution in [0.3, 0.4) is 0 Å². The largest absolute Gasteiger partial charge is 0.374 e. The molecule has 1 saturated heterocycles. The van der Waals surface area contributed by atoms with Gasteiger partial charge in [-0.1, -0.05) is 6.07 Å². The fraction of sp³-hybridized carbons (Fsp3) is 0.400. The molecule has 0 spiro atoms. The van der Waals surface area contributed by atoms with Crippen molar-refractivity contribution in [3.8, 4) is 6.07 Å². The second-order valence-corrected chi connectivity index (χ2v) is 5.11. The normalized spacial score (nSPS) is 20.5. The highest BCUT2D eigenvalue weighted by Crippen LogP contribution is 2.19. The summed E-state index contributed by atoms with van der Waals surface area (Å²) in [5.41, 5.74) is 1.81. The minimum atomic E-state index is 0.222. The van der Waals surface area contributed by atoms with Gasteiger partial charge in [0.2, 0.25) is 0 Å². The predicted octanol–water partition coefficient (Wildman–Crippen LogP) is 1.84. The maximum absolute atomic E-state index is 8.99.